The molecule has 0 spiro atoms. The standard InChI is InChI=1S/C15H22N2O4S/c1-10-16-11(9-22-10)7-13(18)12-8-20-6-5-17(12)14(19)21-15(2,3)4/h9,12H,5-8H2,1-4H3. The quantitative estimate of drug-likeness (QED) is 0.852. The normalized spacial score (nSPS) is 19.1. The maximum Gasteiger partial charge on any atom is 0.411 e. The molecule has 6 nitrogen and oxygen atoms in total. The van der Waals surface area contributed by atoms with Crippen molar-refractivity contribution in [2.75, 3.05) is 19.8 Å². The van der Waals surface area contributed by atoms with Crippen LogP contribution in [-0.4, -0.2) is 53.2 Å². The van der Waals surface area contributed by atoms with Crippen LogP contribution in [0.15, 0.2) is 5.38 Å². The molecule has 1 unspecified atom stereocenters. The van der Waals surface area contributed by atoms with E-state index in [1.165, 1.54) is 16.2 Å². The highest BCUT2D eigenvalue weighted by molar-refractivity contribution is 7.09. The number of Topliss-reactive ketones (excluding diaryl/α,β-unsaturated/α-hetero) is 1. The fourth-order valence-electron chi connectivity index (χ4n) is 2.20. The first-order chi connectivity index (χ1) is 10.3. The van der Waals surface area contributed by atoms with Crippen LogP contribution in [0.2, 0.25) is 0 Å². The molecule has 0 saturated carbocycles. The first-order valence-corrected chi connectivity index (χ1v) is 8.15. The van der Waals surface area contributed by atoms with Crippen molar-refractivity contribution < 1.29 is 19.1 Å². The first-order valence-electron chi connectivity index (χ1n) is 7.27. The van der Waals surface area contributed by atoms with Gasteiger partial charge in [-0.3, -0.25) is 9.69 Å². The van der Waals surface area contributed by atoms with Crippen molar-refractivity contribution in [2.45, 2.75) is 45.8 Å². The van der Waals surface area contributed by atoms with Gasteiger partial charge in [-0.05, 0) is 27.7 Å². The van der Waals surface area contributed by atoms with Crippen molar-refractivity contribution in [2.24, 2.45) is 0 Å². The minimum atomic E-state index is -0.606. The largest absolute Gasteiger partial charge is 0.444 e. The molecule has 2 rings (SSSR count). The Hall–Kier alpha value is -1.47. The maximum absolute atomic E-state index is 12.5. The summed E-state index contributed by atoms with van der Waals surface area (Å²) in [6, 6.07) is -0.606. The van der Waals surface area contributed by atoms with Crippen LogP contribution in [0, 0.1) is 6.92 Å². The highest BCUT2D eigenvalue weighted by Crippen LogP contribution is 2.17. The van der Waals surface area contributed by atoms with Gasteiger partial charge in [0.25, 0.3) is 0 Å². The number of rotatable bonds is 3. The SMILES string of the molecule is Cc1nc(CC(=O)C2COCCN2C(=O)OC(C)(C)C)cs1. The number of carbonyl (C=O) groups is 2. The Labute approximate surface area is 134 Å². The third-order valence-electron chi connectivity index (χ3n) is 3.15. The molecule has 7 heteroatoms. The Bertz CT molecular complexity index is 550. The van der Waals surface area contributed by atoms with Gasteiger partial charge in [0.1, 0.15) is 11.6 Å². The number of ketones is 1. The minimum absolute atomic E-state index is 0.0733. The molecule has 1 fully saturated rings. The van der Waals surface area contributed by atoms with Crippen LogP contribution in [0.1, 0.15) is 31.5 Å². The zero-order valence-corrected chi connectivity index (χ0v) is 14.2. The van der Waals surface area contributed by atoms with Crippen LogP contribution in [0.4, 0.5) is 4.79 Å². The zero-order chi connectivity index (χ0) is 16.3. The van der Waals surface area contributed by atoms with Crippen molar-refractivity contribution in [3.05, 3.63) is 16.1 Å². The zero-order valence-electron chi connectivity index (χ0n) is 13.4. The predicted octanol–water partition coefficient (Wildman–Crippen LogP) is 2.20. The average Bonchev–Trinajstić information content (AvgIpc) is 2.82. The number of hydrogen-bond acceptors (Lipinski definition) is 6. The summed E-state index contributed by atoms with van der Waals surface area (Å²) in [6.45, 7) is 8.30. The lowest BCUT2D eigenvalue weighted by molar-refractivity contribution is -0.129. The maximum atomic E-state index is 12.5. The topological polar surface area (TPSA) is 68.7 Å². The van der Waals surface area contributed by atoms with E-state index >= 15 is 0 Å². The summed E-state index contributed by atoms with van der Waals surface area (Å²) in [5, 5.41) is 2.79. The van der Waals surface area contributed by atoms with Gasteiger partial charge in [0.15, 0.2) is 5.78 Å². The molecule has 1 amide bonds. The molecule has 0 radical (unpaired) electrons. The van der Waals surface area contributed by atoms with Gasteiger partial charge in [0, 0.05) is 11.9 Å². The average molecular weight is 326 g/mol. The fourth-order valence-corrected chi connectivity index (χ4v) is 2.81. The van der Waals surface area contributed by atoms with Gasteiger partial charge < -0.3 is 9.47 Å². The van der Waals surface area contributed by atoms with Crippen molar-refractivity contribution in [3.8, 4) is 0 Å². The van der Waals surface area contributed by atoms with Crippen molar-refractivity contribution in [1.82, 2.24) is 9.88 Å². The second-order valence-corrected chi connectivity index (χ2v) is 7.33. The lowest BCUT2D eigenvalue weighted by Gasteiger charge is -2.35. The number of ether oxygens (including phenoxy) is 2. The van der Waals surface area contributed by atoms with Crippen LogP contribution < -0.4 is 0 Å². The molecule has 122 valence electrons. The van der Waals surface area contributed by atoms with E-state index in [-0.39, 0.29) is 18.8 Å². The number of aromatic nitrogens is 1. The van der Waals surface area contributed by atoms with Crippen molar-refractivity contribution in [1.29, 1.82) is 0 Å². The van der Waals surface area contributed by atoms with Crippen LogP contribution >= 0.6 is 11.3 Å². The van der Waals surface area contributed by atoms with E-state index in [0.29, 0.717) is 13.2 Å². The van der Waals surface area contributed by atoms with Crippen LogP contribution in [0.3, 0.4) is 0 Å². The number of thiazole rings is 1. The van der Waals surface area contributed by atoms with Gasteiger partial charge in [-0.2, -0.15) is 0 Å². The number of morpholine rings is 1. The Balaban J connectivity index is 2.05. The van der Waals surface area contributed by atoms with E-state index in [9.17, 15) is 9.59 Å². The molecule has 1 saturated heterocycles. The summed E-state index contributed by atoms with van der Waals surface area (Å²) < 4.78 is 10.7. The lowest BCUT2D eigenvalue weighted by Crippen LogP contribution is -2.54. The van der Waals surface area contributed by atoms with Crippen molar-refractivity contribution in [3.63, 3.8) is 0 Å². The van der Waals surface area contributed by atoms with Crippen LogP contribution in [0.5, 0.6) is 0 Å². The Morgan fingerprint density at radius 3 is 2.82 bits per heavy atom. The van der Waals surface area contributed by atoms with E-state index < -0.39 is 17.7 Å². The Morgan fingerprint density at radius 1 is 1.50 bits per heavy atom. The van der Waals surface area contributed by atoms with E-state index in [2.05, 4.69) is 4.98 Å². The molecule has 0 aliphatic carbocycles. The third-order valence-corrected chi connectivity index (χ3v) is 3.97. The number of hydrogen-bond donors (Lipinski definition) is 0. The predicted molar refractivity (Wildman–Crippen MR) is 83.1 cm³/mol. The molecule has 1 aliphatic rings. The summed E-state index contributed by atoms with van der Waals surface area (Å²) in [4.78, 5) is 30.5. The minimum Gasteiger partial charge on any atom is -0.444 e. The molecule has 1 aliphatic heterocycles. The van der Waals surface area contributed by atoms with Crippen molar-refractivity contribution >= 4 is 23.2 Å². The fraction of sp³-hybridized carbons (Fsp3) is 0.667. The molecule has 0 bridgehead atoms. The van der Waals surface area contributed by atoms with Gasteiger partial charge >= 0.3 is 6.09 Å². The second kappa shape index (κ2) is 6.75. The Morgan fingerprint density at radius 2 is 2.23 bits per heavy atom. The first kappa shape index (κ1) is 16.9. The molecule has 22 heavy (non-hydrogen) atoms. The van der Waals surface area contributed by atoms with E-state index in [1.54, 1.807) is 20.8 Å². The van der Waals surface area contributed by atoms with E-state index in [4.69, 9.17) is 9.47 Å². The van der Waals surface area contributed by atoms with Crippen LogP contribution in [0.25, 0.3) is 0 Å². The molecule has 0 aromatic carbocycles. The van der Waals surface area contributed by atoms with Gasteiger partial charge in [-0.25, -0.2) is 9.78 Å². The van der Waals surface area contributed by atoms with Gasteiger partial charge in [0.05, 0.1) is 30.3 Å². The molecule has 1 atom stereocenters. The number of aryl methyl sites for hydroxylation is 1. The summed E-state index contributed by atoms with van der Waals surface area (Å²) in [7, 11) is 0. The molecular weight excluding hydrogens is 304 g/mol. The highest BCUT2D eigenvalue weighted by atomic mass is 32.1. The summed E-state index contributed by atoms with van der Waals surface area (Å²) >= 11 is 1.51. The summed E-state index contributed by atoms with van der Waals surface area (Å²) in [6.07, 6.45) is -0.263. The Kier molecular flexibility index (Phi) is 5.18. The highest BCUT2D eigenvalue weighted by Gasteiger charge is 2.35. The second-order valence-electron chi connectivity index (χ2n) is 6.27. The molecule has 1 aromatic heterocycles. The molecule has 1 aromatic rings. The van der Waals surface area contributed by atoms with Gasteiger partial charge in [-0.15, -0.1) is 11.3 Å². The molecular formula is C15H22N2O4S. The third kappa shape index (κ3) is 4.51. The number of amides is 1. The summed E-state index contributed by atoms with van der Waals surface area (Å²) in [5.41, 5.74) is 0.150. The lowest BCUT2D eigenvalue weighted by atomic mass is 10.1. The van der Waals surface area contributed by atoms with Gasteiger partial charge in [0.2, 0.25) is 0 Å². The molecule has 2 heterocycles. The van der Waals surface area contributed by atoms with Gasteiger partial charge in [-0.1, -0.05) is 0 Å². The van der Waals surface area contributed by atoms with E-state index in [1.807, 2.05) is 12.3 Å². The van der Waals surface area contributed by atoms with E-state index in [0.717, 1.165) is 10.7 Å². The molecule has 0 N–H and O–H groups in total. The van der Waals surface area contributed by atoms with Crippen LogP contribution in [-0.2, 0) is 20.7 Å². The number of carbonyl (C=O) groups excluding carboxylic acids is 2. The smallest absolute Gasteiger partial charge is 0.411 e. The number of nitrogens with zero attached hydrogens (tertiary/aromatic N) is 2. The summed E-state index contributed by atoms with van der Waals surface area (Å²) in [5.74, 6) is -0.0733. The monoisotopic (exact) mass is 326 g/mol.